The zero-order chi connectivity index (χ0) is 5.40. The third-order valence-electron chi connectivity index (χ3n) is 2.24. The molecule has 1 aliphatic heterocycles. The van der Waals surface area contributed by atoms with Gasteiger partial charge < -0.3 is 10.6 Å². The van der Waals surface area contributed by atoms with Gasteiger partial charge >= 0.3 is 0 Å². The van der Waals surface area contributed by atoms with Crippen molar-refractivity contribution in [3.63, 3.8) is 0 Å². The van der Waals surface area contributed by atoms with Gasteiger partial charge in [0.25, 0.3) is 0 Å². The Bertz CT molecular complexity index is 72.5. The molecule has 2 aliphatic rings. The molecular weight excluding hydrogens is 100 g/mol. The summed E-state index contributed by atoms with van der Waals surface area (Å²) in [5.74, 6) is 0. The van der Waals surface area contributed by atoms with E-state index in [2.05, 4.69) is 10.6 Å². The molecule has 2 N–H and O–H groups in total. The molecule has 2 unspecified atom stereocenters. The minimum absolute atomic E-state index is 0.815. The molecule has 2 rings (SSSR count). The van der Waals surface area contributed by atoms with Crippen LogP contribution >= 0.6 is 0 Å². The first-order valence-corrected chi connectivity index (χ1v) is 3.43. The summed E-state index contributed by atoms with van der Waals surface area (Å²) < 4.78 is 0. The molecular formula is C6H12N2. The molecule has 2 nitrogen and oxygen atoms in total. The molecule has 2 heteroatoms. The third-order valence-corrected chi connectivity index (χ3v) is 2.24. The first-order valence-electron chi connectivity index (χ1n) is 3.43. The number of hydrogen-bond acceptors (Lipinski definition) is 2. The van der Waals surface area contributed by atoms with E-state index in [1.807, 2.05) is 0 Å². The van der Waals surface area contributed by atoms with E-state index in [9.17, 15) is 0 Å². The second kappa shape index (κ2) is 1.71. The Morgan fingerprint density at radius 3 is 2.25 bits per heavy atom. The largest absolute Gasteiger partial charge is 0.300 e. The summed E-state index contributed by atoms with van der Waals surface area (Å²) in [5.41, 5.74) is 0. The standard InChI is InChI=1S/C6H12N2/c1-2-5-6(3-1)8-4-7-5/h5-8H,1-4H2. The van der Waals surface area contributed by atoms with Gasteiger partial charge in [-0.3, -0.25) is 0 Å². The van der Waals surface area contributed by atoms with Crippen molar-refractivity contribution in [2.45, 2.75) is 31.3 Å². The molecule has 0 amide bonds. The van der Waals surface area contributed by atoms with E-state index >= 15 is 0 Å². The Balaban J connectivity index is 2.04. The summed E-state index contributed by atoms with van der Waals surface area (Å²) in [5, 5.41) is 6.81. The van der Waals surface area contributed by atoms with Crippen molar-refractivity contribution in [2.24, 2.45) is 0 Å². The van der Waals surface area contributed by atoms with Crippen molar-refractivity contribution in [2.75, 3.05) is 6.67 Å². The van der Waals surface area contributed by atoms with E-state index in [0.29, 0.717) is 0 Å². The van der Waals surface area contributed by atoms with Gasteiger partial charge in [0.05, 0.1) is 0 Å². The maximum atomic E-state index is 3.41. The van der Waals surface area contributed by atoms with Gasteiger partial charge in [-0.15, -0.1) is 0 Å². The zero-order valence-corrected chi connectivity index (χ0v) is 4.98. The molecule has 2 fully saturated rings. The summed E-state index contributed by atoms with van der Waals surface area (Å²) in [6.07, 6.45) is 4.19. The van der Waals surface area contributed by atoms with E-state index in [-0.39, 0.29) is 0 Å². The maximum absolute atomic E-state index is 3.41. The molecule has 1 saturated heterocycles. The second-order valence-corrected chi connectivity index (χ2v) is 2.73. The fourth-order valence-electron chi connectivity index (χ4n) is 1.77. The van der Waals surface area contributed by atoms with Crippen LogP contribution in [0.1, 0.15) is 19.3 Å². The molecule has 0 aromatic rings. The molecule has 1 aliphatic carbocycles. The lowest BCUT2D eigenvalue weighted by atomic mass is 10.2. The predicted octanol–water partition coefficient (Wildman–Crippen LogP) is 0.0578. The van der Waals surface area contributed by atoms with E-state index in [0.717, 1.165) is 18.8 Å². The highest BCUT2D eigenvalue weighted by molar-refractivity contribution is 4.92. The van der Waals surface area contributed by atoms with Gasteiger partial charge in [-0.2, -0.15) is 0 Å². The molecule has 0 radical (unpaired) electrons. The Hall–Kier alpha value is -0.0800. The summed E-state index contributed by atoms with van der Waals surface area (Å²) in [6.45, 7) is 1.04. The van der Waals surface area contributed by atoms with Crippen LogP contribution in [0, 0.1) is 0 Å². The van der Waals surface area contributed by atoms with Crippen LogP contribution in [0.3, 0.4) is 0 Å². The lowest BCUT2D eigenvalue weighted by Gasteiger charge is -2.05. The lowest BCUT2D eigenvalue weighted by Crippen LogP contribution is -2.26. The molecule has 0 aromatic carbocycles. The van der Waals surface area contributed by atoms with E-state index in [1.165, 1.54) is 19.3 Å². The van der Waals surface area contributed by atoms with Crippen LogP contribution in [-0.4, -0.2) is 18.8 Å². The lowest BCUT2D eigenvalue weighted by molar-refractivity contribution is 0.583. The minimum Gasteiger partial charge on any atom is -0.300 e. The number of hydrogen-bond donors (Lipinski definition) is 2. The summed E-state index contributed by atoms with van der Waals surface area (Å²) in [4.78, 5) is 0. The maximum Gasteiger partial charge on any atom is 0.0459 e. The number of fused-ring (bicyclic) bond motifs is 1. The van der Waals surface area contributed by atoms with Crippen LogP contribution in [0.5, 0.6) is 0 Å². The Morgan fingerprint density at radius 1 is 1.00 bits per heavy atom. The van der Waals surface area contributed by atoms with Gasteiger partial charge in [-0.05, 0) is 12.8 Å². The van der Waals surface area contributed by atoms with Gasteiger partial charge in [0.15, 0.2) is 0 Å². The normalized spacial score (nSPS) is 45.0. The van der Waals surface area contributed by atoms with E-state index < -0.39 is 0 Å². The highest BCUT2D eigenvalue weighted by atomic mass is 15.2. The van der Waals surface area contributed by atoms with Crippen LogP contribution in [-0.2, 0) is 0 Å². The van der Waals surface area contributed by atoms with Gasteiger partial charge in [-0.1, -0.05) is 6.42 Å². The Kier molecular flexibility index (Phi) is 1.02. The first kappa shape index (κ1) is 4.77. The minimum atomic E-state index is 0.815. The van der Waals surface area contributed by atoms with Gasteiger partial charge in [0, 0.05) is 18.8 Å². The highest BCUT2D eigenvalue weighted by Gasteiger charge is 2.29. The van der Waals surface area contributed by atoms with Crippen LogP contribution in [0.25, 0.3) is 0 Å². The number of rotatable bonds is 0. The molecule has 8 heavy (non-hydrogen) atoms. The second-order valence-electron chi connectivity index (χ2n) is 2.73. The van der Waals surface area contributed by atoms with Crippen molar-refractivity contribution < 1.29 is 0 Å². The highest BCUT2D eigenvalue weighted by Crippen LogP contribution is 2.20. The van der Waals surface area contributed by atoms with Crippen molar-refractivity contribution in [3.05, 3.63) is 0 Å². The summed E-state index contributed by atoms with van der Waals surface area (Å²) >= 11 is 0. The third kappa shape index (κ3) is 0.565. The van der Waals surface area contributed by atoms with Crippen LogP contribution < -0.4 is 10.6 Å². The van der Waals surface area contributed by atoms with E-state index in [4.69, 9.17) is 0 Å². The average Bonchev–Trinajstić information content (AvgIpc) is 2.15. The molecule has 0 bridgehead atoms. The Morgan fingerprint density at radius 2 is 1.62 bits per heavy atom. The predicted molar refractivity (Wildman–Crippen MR) is 32.6 cm³/mol. The van der Waals surface area contributed by atoms with Gasteiger partial charge in [-0.25, -0.2) is 0 Å². The Labute approximate surface area is 49.7 Å². The smallest absolute Gasteiger partial charge is 0.0459 e. The fourth-order valence-corrected chi connectivity index (χ4v) is 1.77. The zero-order valence-electron chi connectivity index (χ0n) is 4.98. The van der Waals surface area contributed by atoms with Crippen molar-refractivity contribution in [3.8, 4) is 0 Å². The number of nitrogens with one attached hydrogen (secondary N) is 2. The molecule has 1 saturated carbocycles. The topological polar surface area (TPSA) is 24.1 Å². The summed E-state index contributed by atoms with van der Waals surface area (Å²) in [7, 11) is 0. The first-order chi connectivity index (χ1) is 3.97. The van der Waals surface area contributed by atoms with Gasteiger partial charge in [0.1, 0.15) is 0 Å². The van der Waals surface area contributed by atoms with Crippen LogP contribution in [0.2, 0.25) is 0 Å². The average molecular weight is 112 g/mol. The molecule has 1 heterocycles. The molecule has 2 atom stereocenters. The van der Waals surface area contributed by atoms with Crippen molar-refractivity contribution in [1.82, 2.24) is 10.6 Å². The molecule has 0 aromatic heterocycles. The fraction of sp³-hybridized carbons (Fsp3) is 1.00. The summed E-state index contributed by atoms with van der Waals surface area (Å²) in [6, 6.07) is 1.63. The van der Waals surface area contributed by atoms with Gasteiger partial charge in [0.2, 0.25) is 0 Å². The quantitative estimate of drug-likeness (QED) is 0.463. The van der Waals surface area contributed by atoms with Crippen molar-refractivity contribution in [1.29, 1.82) is 0 Å². The van der Waals surface area contributed by atoms with Crippen molar-refractivity contribution >= 4 is 0 Å². The molecule has 46 valence electrons. The SMILES string of the molecule is C1CC2NCNC2C1. The van der Waals surface area contributed by atoms with Crippen LogP contribution in [0.15, 0.2) is 0 Å². The van der Waals surface area contributed by atoms with Crippen LogP contribution in [0.4, 0.5) is 0 Å². The molecule has 0 spiro atoms. The monoisotopic (exact) mass is 112 g/mol. The van der Waals surface area contributed by atoms with E-state index in [1.54, 1.807) is 0 Å².